The predicted molar refractivity (Wildman–Crippen MR) is 74.6 cm³/mol. The first-order valence-electron chi connectivity index (χ1n) is 5.60. The van der Waals surface area contributed by atoms with Gasteiger partial charge in [0, 0.05) is 17.6 Å². The van der Waals surface area contributed by atoms with Crippen LogP contribution in [0.1, 0.15) is 18.5 Å². The smallest absolute Gasteiger partial charge is 0.262 e. The van der Waals surface area contributed by atoms with Gasteiger partial charge in [-0.2, -0.15) is 0 Å². The zero-order chi connectivity index (χ0) is 13.9. The highest BCUT2D eigenvalue weighted by Crippen LogP contribution is 2.20. The van der Waals surface area contributed by atoms with Gasteiger partial charge < -0.3 is 5.32 Å². The van der Waals surface area contributed by atoms with E-state index in [2.05, 4.69) is 19.6 Å². The third kappa shape index (κ3) is 3.28. The Hall–Kier alpha value is -1.51. The predicted octanol–water partition coefficient (Wildman–Crippen LogP) is 1.62. The Morgan fingerprint density at radius 3 is 2.79 bits per heavy atom. The van der Waals surface area contributed by atoms with Crippen LogP contribution in [0.2, 0.25) is 0 Å². The van der Waals surface area contributed by atoms with Gasteiger partial charge in [0.1, 0.15) is 5.00 Å². The van der Waals surface area contributed by atoms with E-state index in [0.717, 1.165) is 17.1 Å². The molecule has 0 saturated carbocycles. The van der Waals surface area contributed by atoms with Crippen molar-refractivity contribution in [2.75, 3.05) is 11.8 Å². The van der Waals surface area contributed by atoms with Crippen LogP contribution in [0.4, 0.5) is 5.00 Å². The normalized spacial score (nSPS) is 13.2. The van der Waals surface area contributed by atoms with Crippen LogP contribution in [0, 0.1) is 0 Å². The van der Waals surface area contributed by atoms with Gasteiger partial charge in [-0.1, -0.05) is 16.6 Å². The standard InChI is InChI=1S/C11H14N4O2S2/c1-8(12-2)9-4-3-5-10(6-9)19(16,17)14-11-7-13-15-18-11/h3-8,12,14H,1-2H3. The minimum absolute atomic E-state index is 0.0835. The molecule has 0 saturated heterocycles. The van der Waals surface area contributed by atoms with E-state index in [1.54, 1.807) is 18.2 Å². The fourth-order valence-electron chi connectivity index (χ4n) is 1.52. The molecule has 1 aromatic carbocycles. The molecule has 0 aliphatic heterocycles. The summed E-state index contributed by atoms with van der Waals surface area (Å²) in [6.07, 6.45) is 1.38. The number of nitrogens with zero attached hydrogens (tertiary/aromatic N) is 2. The lowest BCUT2D eigenvalue weighted by Crippen LogP contribution is -2.15. The van der Waals surface area contributed by atoms with Crippen molar-refractivity contribution in [3.05, 3.63) is 36.0 Å². The van der Waals surface area contributed by atoms with Gasteiger partial charge in [-0.05, 0) is 31.7 Å². The molecule has 0 spiro atoms. The molecule has 1 unspecified atom stereocenters. The molecule has 0 aliphatic rings. The van der Waals surface area contributed by atoms with Crippen molar-refractivity contribution in [2.45, 2.75) is 17.9 Å². The van der Waals surface area contributed by atoms with Crippen molar-refractivity contribution < 1.29 is 8.42 Å². The van der Waals surface area contributed by atoms with Crippen LogP contribution in [-0.4, -0.2) is 25.1 Å². The summed E-state index contributed by atoms with van der Waals surface area (Å²) in [5, 5.41) is 7.06. The molecule has 0 radical (unpaired) electrons. The second-order valence-corrected chi connectivity index (χ2v) is 6.44. The molecule has 2 N–H and O–H groups in total. The van der Waals surface area contributed by atoms with Crippen molar-refractivity contribution in [2.24, 2.45) is 0 Å². The molecule has 2 rings (SSSR count). The molecule has 8 heteroatoms. The summed E-state index contributed by atoms with van der Waals surface area (Å²) in [5.41, 5.74) is 0.910. The lowest BCUT2D eigenvalue weighted by Gasteiger charge is -2.12. The number of hydrogen-bond donors (Lipinski definition) is 2. The van der Waals surface area contributed by atoms with Gasteiger partial charge in [0.05, 0.1) is 11.1 Å². The Morgan fingerprint density at radius 2 is 2.16 bits per heavy atom. The molecule has 2 aromatic rings. The Labute approximate surface area is 116 Å². The van der Waals surface area contributed by atoms with E-state index in [4.69, 9.17) is 0 Å². The zero-order valence-electron chi connectivity index (χ0n) is 10.5. The van der Waals surface area contributed by atoms with E-state index in [1.807, 2.05) is 20.0 Å². The lowest BCUT2D eigenvalue weighted by molar-refractivity contribution is 0.600. The molecular formula is C11H14N4O2S2. The summed E-state index contributed by atoms with van der Waals surface area (Å²) in [5.74, 6) is 0. The number of anilines is 1. The first-order chi connectivity index (χ1) is 9.03. The summed E-state index contributed by atoms with van der Waals surface area (Å²) in [6.45, 7) is 1.96. The third-order valence-electron chi connectivity index (χ3n) is 2.70. The van der Waals surface area contributed by atoms with Crippen LogP contribution in [0.5, 0.6) is 0 Å². The topological polar surface area (TPSA) is 84.0 Å². The van der Waals surface area contributed by atoms with Crippen LogP contribution in [-0.2, 0) is 10.0 Å². The summed E-state index contributed by atoms with van der Waals surface area (Å²) < 4.78 is 30.4. The first kappa shape index (κ1) is 13.9. The number of hydrogen-bond acceptors (Lipinski definition) is 6. The van der Waals surface area contributed by atoms with E-state index < -0.39 is 10.0 Å². The Kier molecular flexibility index (Phi) is 4.13. The largest absolute Gasteiger partial charge is 0.313 e. The number of rotatable bonds is 5. The number of sulfonamides is 1. The highest BCUT2D eigenvalue weighted by Gasteiger charge is 2.16. The van der Waals surface area contributed by atoms with E-state index in [1.165, 1.54) is 6.20 Å². The Morgan fingerprint density at radius 1 is 1.37 bits per heavy atom. The maximum absolute atomic E-state index is 12.2. The first-order valence-corrected chi connectivity index (χ1v) is 7.86. The third-order valence-corrected chi connectivity index (χ3v) is 4.77. The van der Waals surface area contributed by atoms with Crippen molar-refractivity contribution in [3.63, 3.8) is 0 Å². The second kappa shape index (κ2) is 5.64. The van der Waals surface area contributed by atoms with E-state index >= 15 is 0 Å². The fraction of sp³-hybridized carbons (Fsp3) is 0.273. The van der Waals surface area contributed by atoms with Crippen molar-refractivity contribution >= 4 is 26.6 Å². The van der Waals surface area contributed by atoms with Crippen LogP contribution >= 0.6 is 11.5 Å². The van der Waals surface area contributed by atoms with Crippen molar-refractivity contribution in [1.29, 1.82) is 0 Å². The average molecular weight is 298 g/mol. The summed E-state index contributed by atoms with van der Waals surface area (Å²) >= 11 is 0.996. The number of aromatic nitrogens is 2. The molecule has 0 aliphatic carbocycles. The van der Waals surface area contributed by atoms with Gasteiger partial charge in [0.2, 0.25) is 0 Å². The van der Waals surface area contributed by atoms with Crippen molar-refractivity contribution in [1.82, 2.24) is 14.9 Å². The van der Waals surface area contributed by atoms with Crippen LogP contribution < -0.4 is 10.0 Å². The molecule has 0 fully saturated rings. The zero-order valence-corrected chi connectivity index (χ0v) is 12.1. The van der Waals surface area contributed by atoms with Gasteiger partial charge in [-0.3, -0.25) is 4.72 Å². The summed E-state index contributed by atoms with van der Waals surface area (Å²) in [4.78, 5) is 0.223. The summed E-state index contributed by atoms with van der Waals surface area (Å²) in [7, 11) is -1.77. The maximum atomic E-state index is 12.2. The van der Waals surface area contributed by atoms with Gasteiger partial charge in [0.15, 0.2) is 0 Å². The summed E-state index contributed by atoms with van der Waals surface area (Å²) in [6, 6.07) is 6.90. The second-order valence-electron chi connectivity index (χ2n) is 3.97. The monoisotopic (exact) mass is 298 g/mol. The highest BCUT2D eigenvalue weighted by molar-refractivity contribution is 7.93. The van der Waals surface area contributed by atoms with Gasteiger partial charge >= 0.3 is 0 Å². The molecule has 6 nitrogen and oxygen atoms in total. The fourth-order valence-corrected chi connectivity index (χ4v) is 3.26. The maximum Gasteiger partial charge on any atom is 0.262 e. The van der Waals surface area contributed by atoms with Crippen LogP contribution in [0.3, 0.4) is 0 Å². The molecular weight excluding hydrogens is 284 g/mol. The van der Waals surface area contributed by atoms with Crippen LogP contribution in [0.25, 0.3) is 0 Å². The Bertz CT molecular complexity index is 640. The Balaban J connectivity index is 2.30. The molecule has 1 heterocycles. The number of benzene rings is 1. The lowest BCUT2D eigenvalue weighted by atomic mass is 10.1. The molecule has 102 valence electrons. The molecule has 19 heavy (non-hydrogen) atoms. The molecule has 1 aromatic heterocycles. The van der Waals surface area contributed by atoms with Gasteiger partial charge in [-0.15, -0.1) is 5.10 Å². The van der Waals surface area contributed by atoms with E-state index in [0.29, 0.717) is 5.00 Å². The highest BCUT2D eigenvalue weighted by atomic mass is 32.2. The van der Waals surface area contributed by atoms with Crippen LogP contribution in [0.15, 0.2) is 35.4 Å². The van der Waals surface area contributed by atoms with Gasteiger partial charge in [0.25, 0.3) is 10.0 Å². The van der Waals surface area contributed by atoms with Crippen molar-refractivity contribution in [3.8, 4) is 0 Å². The quantitative estimate of drug-likeness (QED) is 0.876. The number of nitrogens with one attached hydrogen (secondary N) is 2. The van der Waals surface area contributed by atoms with E-state index in [9.17, 15) is 8.42 Å². The van der Waals surface area contributed by atoms with E-state index in [-0.39, 0.29) is 10.9 Å². The van der Waals surface area contributed by atoms with Gasteiger partial charge in [-0.25, -0.2) is 8.42 Å². The molecule has 0 bridgehead atoms. The SMILES string of the molecule is CNC(C)c1cccc(S(=O)(=O)Nc2cnns2)c1. The minimum Gasteiger partial charge on any atom is -0.313 e. The molecule has 1 atom stereocenters. The minimum atomic E-state index is -3.59. The average Bonchev–Trinajstić information content (AvgIpc) is 2.90. The molecule has 0 amide bonds.